The summed E-state index contributed by atoms with van der Waals surface area (Å²) in [4.78, 5) is 14.2. The Balaban J connectivity index is 2.02. The summed E-state index contributed by atoms with van der Waals surface area (Å²) in [7, 11) is 0. The van der Waals surface area contributed by atoms with Crippen molar-refractivity contribution >= 4 is 37.8 Å². The zero-order valence-corrected chi connectivity index (χ0v) is 12.7. The van der Waals surface area contributed by atoms with Crippen molar-refractivity contribution in [1.82, 2.24) is 4.90 Å². The van der Waals surface area contributed by atoms with Crippen LogP contribution < -0.4 is 0 Å². The first-order chi connectivity index (χ1) is 8.20. The predicted octanol–water partition coefficient (Wildman–Crippen LogP) is 3.70. The molecule has 1 aromatic rings. The molecule has 1 aliphatic heterocycles. The third kappa shape index (κ3) is 3.32. The highest BCUT2D eigenvalue weighted by molar-refractivity contribution is 9.10. The first-order valence-electron chi connectivity index (χ1n) is 5.81. The molecule has 17 heavy (non-hydrogen) atoms. The monoisotopic (exact) mass is 359 g/mol. The van der Waals surface area contributed by atoms with E-state index in [4.69, 9.17) is 0 Å². The maximum Gasteiger partial charge on any atom is 0.253 e. The molecule has 0 atom stereocenters. The summed E-state index contributed by atoms with van der Waals surface area (Å²) >= 11 is 6.91. The zero-order valence-electron chi connectivity index (χ0n) is 9.53. The Morgan fingerprint density at radius 2 is 2.06 bits per heavy atom. The minimum Gasteiger partial charge on any atom is -0.339 e. The number of nitrogens with zero attached hydrogens (tertiary/aromatic N) is 1. The molecule has 0 spiro atoms. The van der Waals surface area contributed by atoms with E-state index in [2.05, 4.69) is 31.9 Å². The summed E-state index contributed by atoms with van der Waals surface area (Å²) in [6.45, 7) is 1.75. The molecule has 2 rings (SSSR count). The van der Waals surface area contributed by atoms with E-state index in [9.17, 15) is 4.79 Å². The van der Waals surface area contributed by atoms with Crippen molar-refractivity contribution in [2.45, 2.75) is 12.8 Å². The van der Waals surface area contributed by atoms with Crippen LogP contribution in [0.3, 0.4) is 0 Å². The van der Waals surface area contributed by atoms with Crippen LogP contribution in [0.4, 0.5) is 0 Å². The number of benzene rings is 1. The average Bonchev–Trinajstić information content (AvgIpc) is 2.38. The molecule has 1 amide bonds. The fraction of sp³-hybridized carbons (Fsp3) is 0.462. The third-order valence-electron chi connectivity index (χ3n) is 3.19. The highest BCUT2D eigenvalue weighted by Crippen LogP contribution is 2.21. The number of alkyl halides is 1. The lowest BCUT2D eigenvalue weighted by molar-refractivity contribution is 0.0699. The quantitative estimate of drug-likeness (QED) is 0.736. The second-order valence-electron chi connectivity index (χ2n) is 4.40. The van der Waals surface area contributed by atoms with Gasteiger partial charge in [-0.2, -0.15) is 0 Å². The van der Waals surface area contributed by atoms with Gasteiger partial charge in [0, 0.05) is 28.5 Å². The van der Waals surface area contributed by atoms with Crippen LogP contribution in [0.5, 0.6) is 0 Å². The van der Waals surface area contributed by atoms with Gasteiger partial charge in [0.25, 0.3) is 5.91 Å². The Labute approximate surface area is 119 Å². The lowest BCUT2D eigenvalue weighted by Gasteiger charge is -2.31. The van der Waals surface area contributed by atoms with Crippen molar-refractivity contribution in [2.75, 3.05) is 18.4 Å². The van der Waals surface area contributed by atoms with Crippen LogP contribution in [0.1, 0.15) is 23.2 Å². The standard InChI is InChI=1S/C13H15Br2NO/c14-9-10-4-6-16(7-5-10)13(17)11-2-1-3-12(15)8-11/h1-3,8,10H,4-7,9H2. The van der Waals surface area contributed by atoms with Crippen molar-refractivity contribution < 1.29 is 4.79 Å². The van der Waals surface area contributed by atoms with Crippen LogP contribution in [0.2, 0.25) is 0 Å². The first kappa shape index (κ1) is 13.1. The fourth-order valence-electron chi connectivity index (χ4n) is 2.09. The Bertz CT molecular complexity index is 400. The van der Waals surface area contributed by atoms with E-state index in [1.807, 2.05) is 29.2 Å². The number of amides is 1. The summed E-state index contributed by atoms with van der Waals surface area (Å²) in [6, 6.07) is 7.61. The van der Waals surface area contributed by atoms with Gasteiger partial charge < -0.3 is 4.90 Å². The average molecular weight is 361 g/mol. The van der Waals surface area contributed by atoms with E-state index in [1.165, 1.54) is 0 Å². The van der Waals surface area contributed by atoms with Gasteiger partial charge in [-0.05, 0) is 37.0 Å². The molecule has 1 saturated heterocycles. The van der Waals surface area contributed by atoms with Gasteiger partial charge in [-0.1, -0.05) is 37.9 Å². The minimum absolute atomic E-state index is 0.152. The maximum absolute atomic E-state index is 12.2. The highest BCUT2D eigenvalue weighted by Gasteiger charge is 2.22. The zero-order chi connectivity index (χ0) is 12.3. The Hall–Kier alpha value is -0.350. The second kappa shape index (κ2) is 6.01. The SMILES string of the molecule is O=C(c1cccc(Br)c1)N1CCC(CBr)CC1. The van der Waals surface area contributed by atoms with E-state index in [1.54, 1.807) is 0 Å². The van der Waals surface area contributed by atoms with Gasteiger partial charge in [-0.15, -0.1) is 0 Å². The number of carbonyl (C=O) groups is 1. The molecule has 1 heterocycles. The van der Waals surface area contributed by atoms with Crippen molar-refractivity contribution in [2.24, 2.45) is 5.92 Å². The maximum atomic E-state index is 12.2. The van der Waals surface area contributed by atoms with Crippen molar-refractivity contribution in [1.29, 1.82) is 0 Å². The van der Waals surface area contributed by atoms with Crippen molar-refractivity contribution in [3.05, 3.63) is 34.3 Å². The Kier molecular flexibility index (Phi) is 4.62. The normalized spacial score (nSPS) is 17.2. The van der Waals surface area contributed by atoms with Crippen molar-refractivity contribution in [3.8, 4) is 0 Å². The lowest BCUT2D eigenvalue weighted by Crippen LogP contribution is -2.38. The number of rotatable bonds is 2. The van der Waals surface area contributed by atoms with Crippen LogP contribution in [-0.4, -0.2) is 29.2 Å². The molecule has 0 aliphatic carbocycles. The fourth-order valence-corrected chi connectivity index (χ4v) is 3.14. The van der Waals surface area contributed by atoms with Gasteiger partial charge in [0.1, 0.15) is 0 Å². The van der Waals surface area contributed by atoms with Crippen molar-refractivity contribution in [3.63, 3.8) is 0 Å². The summed E-state index contributed by atoms with van der Waals surface area (Å²) in [5.74, 6) is 0.876. The molecule has 0 unspecified atom stereocenters. The number of hydrogen-bond donors (Lipinski definition) is 0. The minimum atomic E-state index is 0.152. The number of carbonyl (C=O) groups excluding carboxylic acids is 1. The number of likely N-dealkylation sites (tertiary alicyclic amines) is 1. The summed E-state index contributed by atoms with van der Waals surface area (Å²) < 4.78 is 0.957. The van der Waals surface area contributed by atoms with Crippen LogP contribution in [-0.2, 0) is 0 Å². The van der Waals surface area contributed by atoms with Crippen LogP contribution in [0.25, 0.3) is 0 Å². The Morgan fingerprint density at radius 3 is 2.65 bits per heavy atom. The Morgan fingerprint density at radius 1 is 1.35 bits per heavy atom. The van der Waals surface area contributed by atoms with Gasteiger partial charge in [0.05, 0.1) is 0 Å². The smallest absolute Gasteiger partial charge is 0.253 e. The molecule has 2 nitrogen and oxygen atoms in total. The molecule has 1 aromatic carbocycles. The second-order valence-corrected chi connectivity index (χ2v) is 5.96. The molecule has 92 valence electrons. The van der Waals surface area contributed by atoms with Crippen LogP contribution >= 0.6 is 31.9 Å². The molecule has 0 bridgehead atoms. The lowest BCUT2D eigenvalue weighted by atomic mass is 9.98. The van der Waals surface area contributed by atoms with Gasteiger partial charge in [0.15, 0.2) is 0 Å². The number of halogens is 2. The molecule has 0 N–H and O–H groups in total. The molecule has 0 aromatic heterocycles. The molecule has 4 heteroatoms. The van der Waals surface area contributed by atoms with Crippen LogP contribution in [0.15, 0.2) is 28.7 Å². The molecule has 1 aliphatic rings. The molecule has 0 radical (unpaired) electrons. The predicted molar refractivity (Wildman–Crippen MR) is 76.6 cm³/mol. The van der Waals surface area contributed by atoms with E-state index < -0.39 is 0 Å². The molecular formula is C13H15Br2NO. The molecule has 1 fully saturated rings. The summed E-state index contributed by atoms with van der Waals surface area (Å²) in [5.41, 5.74) is 0.775. The van der Waals surface area contributed by atoms with E-state index >= 15 is 0 Å². The highest BCUT2D eigenvalue weighted by atomic mass is 79.9. The topological polar surface area (TPSA) is 20.3 Å². The van der Waals surface area contributed by atoms with E-state index in [0.717, 1.165) is 47.2 Å². The van der Waals surface area contributed by atoms with Gasteiger partial charge >= 0.3 is 0 Å². The van der Waals surface area contributed by atoms with E-state index in [-0.39, 0.29) is 5.91 Å². The van der Waals surface area contributed by atoms with Crippen LogP contribution in [0, 0.1) is 5.92 Å². The van der Waals surface area contributed by atoms with Gasteiger partial charge in [-0.3, -0.25) is 4.79 Å². The van der Waals surface area contributed by atoms with Gasteiger partial charge in [0.2, 0.25) is 0 Å². The molecular weight excluding hydrogens is 346 g/mol. The number of piperidine rings is 1. The number of hydrogen-bond acceptors (Lipinski definition) is 1. The van der Waals surface area contributed by atoms with E-state index in [0.29, 0.717) is 0 Å². The first-order valence-corrected chi connectivity index (χ1v) is 7.73. The summed E-state index contributed by atoms with van der Waals surface area (Å²) in [6.07, 6.45) is 2.20. The summed E-state index contributed by atoms with van der Waals surface area (Å²) in [5, 5.41) is 1.05. The van der Waals surface area contributed by atoms with Gasteiger partial charge in [-0.25, -0.2) is 0 Å². The third-order valence-corrected chi connectivity index (χ3v) is 4.60. The largest absolute Gasteiger partial charge is 0.339 e. The molecule has 0 saturated carbocycles.